The number of nitrogens with zero attached hydrogens (tertiary/aromatic N) is 1. The van der Waals surface area contributed by atoms with Crippen molar-refractivity contribution in [3.05, 3.63) is 59.2 Å². The van der Waals surface area contributed by atoms with Crippen molar-refractivity contribution in [2.24, 2.45) is 5.84 Å². The van der Waals surface area contributed by atoms with Crippen molar-refractivity contribution in [1.82, 2.24) is 4.98 Å². The Labute approximate surface area is 124 Å². The number of benzene rings is 2. The summed E-state index contributed by atoms with van der Waals surface area (Å²) >= 11 is 0. The average molecular weight is 277 g/mol. The van der Waals surface area contributed by atoms with Crippen LogP contribution in [-0.4, -0.2) is 4.98 Å². The molecule has 0 saturated carbocycles. The third-order valence-corrected chi connectivity index (χ3v) is 4.12. The van der Waals surface area contributed by atoms with Crippen LogP contribution in [0.4, 0.5) is 5.69 Å². The minimum absolute atomic E-state index is 0.946. The number of rotatable bonds is 2. The lowest BCUT2D eigenvalue weighted by atomic mass is 9.98. The van der Waals surface area contributed by atoms with Crippen LogP contribution in [0.2, 0.25) is 0 Å². The van der Waals surface area contributed by atoms with Gasteiger partial charge in [-0.15, -0.1) is 0 Å². The van der Waals surface area contributed by atoms with E-state index in [9.17, 15) is 0 Å². The first-order valence-electron chi connectivity index (χ1n) is 7.06. The second kappa shape index (κ2) is 5.19. The fourth-order valence-corrected chi connectivity index (χ4v) is 2.73. The van der Waals surface area contributed by atoms with Gasteiger partial charge < -0.3 is 5.43 Å². The van der Waals surface area contributed by atoms with Gasteiger partial charge in [0.2, 0.25) is 0 Å². The molecule has 3 rings (SSSR count). The summed E-state index contributed by atoms with van der Waals surface area (Å²) in [5.74, 6) is 5.77. The molecule has 0 saturated heterocycles. The van der Waals surface area contributed by atoms with Crippen LogP contribution in [0.3, 0.4) is 0 Å². The van der Waals surface area contributed by atoms with Crippen LogP contribution >= 0.6 is 0 Å². The Balaban J connectivity index is 2.42. The molecule has 106 valence electrons. The first kappa shape index (κ1) is 13.6. The first-order chi connectivity index (χ1) is 10.1. The SMILES string of the molecule is Cc1ccc2c(NN)c(C)c(-c3ccccc3)nc2c1C. The summed E-state index contributed by atoms with van der Waals surface area (Å²) in [6.45, 7) is 6.27. The predicted octanol–water partition coefficient (Wildman–Crippen LogP) is 4.11. The number of fused-ring (bicyclic) bond motifs is 1. The highest BCUT2D eigenvalue weighted by Crippen LogP contribution is 2.34. The summed E-state index contributed by atoms with van der Waals surface area (Å²) in [4.78, 5) is 4.92. The van der Waals surface area contributed by atoms with Crippen LogP contribution in [0.25, 0.3) is 22.2 Å². The molecule has 0 aliphatic carbocycles. The number of aromatic nitrogens is 1. The maximum absolute atomic E-state index is 5.77. The van der Waals surface area contributed by atoms with Gasteiger partial charge in [-0.1, -0.05) is 42.5 Å². The van der Waals surface area contributed by atoms with E-state index >= 15 is 0 Å². The Morgan fingerprint density at radius 1 is 0.905 bits per heavy atom. The van der Waals surface area contributed by atoms with Crippen molar-refractivity contribution in [3.8, 4) is 11.3 Å². The van der Waals surface area contributed by atoms with Gasteiger partial charge in [0.15, 0.2) is 0 Å². The monoisotopic (exact) mass is 277 g/mol. The minimum atomic E-state index is 0.946. The molecule has 2 aromatic carbocycles. The fourth-order valence-electron chi connectivity index (χ4n) is 2.73. The number of nitrogens with one attached hydrogen (secondary N) is 1. The lowest BCUT2D eigenvalue weighted by molar-refractivity contribution is 1.25. The molecule has 0 spiro atoms. The van der Waals surface area contributed by atoms with E-state index in [4.69, 9.17) is 10.8 Å². The molecule has 3 heteroatoms. The van der Waals surface area contributed by atoms with E-state index in [2.05, 4.69) is 50.5 Å². The summed E-state index contributed by atoms with van der Waals surface area (Å²) in [6.07, 6.45) is 0. The summed E-state index contributed by atoms with van der Waals surface area (Å²) < 4.78 is 0. The minimum Gasteiger partial charge on any atom is -0.323 e. The molecule has 0 fully saturated rings. The van der Waals surface area contributed by atoms with E-state index in [0.29, 0.717) is 0 Å². The zero-order chi connectivity index (χ0) is 15.0. The zero-order valence-corrected chi connectivity index (χ0v) is 12.6. The quantitative estimate of drug-likeness (QED) is 0.547. The Morgan fingerprint density at radius 3 is 2.29 bits per heavy atom. The van der Waals surface area contributed by atoms with Gasteiger partial charge in [0.25, 0.3) is 0 Å². The molecule has 0 aliphatic rings. The smallest absolute Gasteiger partial charge is 0.0762 e. The van der Waals surface area contributed by atoms with Crippen LogP contribution < -0.4 is 11.3 Å². The topological polar surface area (TPSA) is 50.9 Å². The van der Waals surface area contributed by atoms with Crippen LogP contribution in [0, 0.1) is 20.8 Å². The summed E-state index contributed by atoms with van der Waals surface area (Å²) in [7, 11) is 0. The van der Waals surface area contributed by atoms with Crippen LogP contribution in [0.15, 0.2) is 42.5 Å². The van der Waals surface area contributed by atoms with Gasteiger partial charge in [-0.05, 0) is 31.9 Å². The number of hydrogen-bond donors (Lipinski definition) is 2. The molecule has 3 aromatic rings. The lowest BCUT2D eigenvalue weighted by Gasteiger charge is -2.16. The van der Waals surface area contributed by atoms with E-state index in [1.807, 2.05) is 18.2 Å². The van der Waals surface area contributed by atoms with E-state index in [-0.39, 0.29) is 0 Å². The maximum Gasteiger partial charge on any atom is 0.0762 e. The van der Waals surface area contributed by atoms with Gasteiger partial charge in [-0.2, -0.15) is 0 Å². The molecule has 0 unspecified atom stereocenters. The number of aryl methyl sites for hydroxylation is 2. The van der Waals surface area contributed by atoms with Gasteiger partial charge in [0.05, 0.1) is 16.9 Å². The molecule has 3 N–H and O–H groups in total. The number of nitrogen functional groups attached to an aromatic ring is 1. The van der Waals surface area contributed by atoms with Crippen molar-refractivity contribution in [3.63, 3.8) is 0 Å². The van der Waals surface area contributed by atoms with Crippen LogP contribution in [-0.2, 0) is 0 Å². The Morgan fingerprint density at radius 2 is 1.62 bits per heavy atom. The van der Waals surface area contributed by atoms with Gasteiger partial charge >= 0.3 is 0 Å². The van der Waals surface area contributed by atoms with Crippen molar-refractivity contribution in [1.29, 1.82) is 0 Å². The third kappa shape index (κ3) is 2.16. The average Bonchev–Trinajstić information content (AvgIpc) is 2.51. The number of nitrogens with two attached hydrogens (primary N) is 1. The predicted molar refractivity (Wildman–Crippen MR) is 89.2 cm³/mol. The Kier molecular flexibility index (Phi) is 3.35. The number of hydrazine groups is 1. The van der Waals surface area contributed by atoms with Crippen molar-refractivity contribution < 1.29 is 0 Å². The fraction of sp³-hybridized carbons (Fsp3) is 0.167. The Bertz CT molecular complexity index is 808. The van der Waals surface area contributed by atoms with Crippen molar-refractivity contribution >= 4 is 16.6 Å². The second-order valence-electron chi connectivity index (χ2n) is 5.37. The molecule has 21 heavy (non-hydrogen) atoms. The molecular weight excluding hydrogens is 258 g/mol. The van der Waals surface area contributed by atoms with Gasteiger partial charge in [-0.25, -0.2) is 4.98 Å². The molecule has 0 aliphatic heterocycles. The van der Waals surface area contributed by atoms with E-state index in [0.717, 1.165) is 33.4 Å². The highest BCUT2D eigenvalue weighted by Gasteiger charge is 2.14. The van der Waals surface area contributed by atoms with Crippen LogP contribution in [0.1, 0.15) is 16.7 Å². The number of hydrogen-bond acceptors (Lipinski definition) is 3. The van der Waals surface area contributed by atoms with Gasteiger partial charge in [0, 0.05) is 16.5 Å². The Hall–Kier alpha value is -2.39. The normalized spacial score (nSPS) is 10.9. The van der Waals surface area contributed by atoms with Crippen molar-refractivity contribution in [2.45, 2.75) is 20.8 Å². The van der Waals surface area contributed by atoms with Gasteiger partial charge in [-0.3, -0.25) is 5.84 Å². The highest BCUT2D eigenvalue weighted by atomic mass is 15.2. The molecule has 1 aromatic heterocycles. The lowest BCUT2D eigenvalue weighted by Crippen LogP contribution is -2.10. The van der Waals surface area contributed by atoms with Crippen LogP contribution in [0.5, 0.6) is 0 Å². The van der Waals surface area contributed by atoms with E-state index in [1.54, 1.807) is 0 Å². The molecular formula is C18H19N3. The summed E-state index contributed by atoms with van der Waals surface area (Å²) in [6, 6.07) is 14.4. The standard InChI is InChI=1S/C18H19N3/c1-11-9-10-15-17(12(11)2)20-16(13(3)18(15)21-19)14-7-5-4-6-8-14/h4-10H,19H2,1-3H3,(H,20,21). The second-order valence-corrected chi connectivity index (χ2v) is 5.37. The third-order valence-electron chi connectivity index (χ3n) is 4.12. The summed E-state index contributed by atoms with van der Waals surface area (Å²) in [5, 5.41) is 1.07. The van der Waals surface area contributed by atoms with E-state index < -0.39 is 0 Å². The summed E-state index contributed by atoms with van der Waals surface area (Å²) in [5.41, 5.74) is 10.4. The molecule has 3 nitrogen and oxygen atoms in total. The maximum atomic E-state index is 5.77. The number of pyridine rings is 1. The highest BCUT2D eigenvalue weighted by molar-refractivity contribution is 5.98. The zero-order valence-electron chi connectivity index (χ0n) is 12.6. The largest absolute Gasteiger partial charge is 0.323 e. The molecule has 0 radical (unpaired) electrons. The van der Waals surface area contributed by atoms with E-state index in [1.165, 1.54) is 11.1 Å². The molecule has 1 heterocycles. The molecule has 0 atom stereocenters. The first-order valence-corrected chi connectivity index (χ1v) is 7.06. The number of anilines is 1. The molecule has 0 amide bonds. The molecule has 0 bridgehead atoms. The van der Waals surface area contributed by atoms with Crippen molar-refractivity contribution in [2.75, 3.05) is 5.43 Å². The van der Waals surface area contributed by atoms with Gasteiger partial charge in [0.1, 0.15) is 0 Å².